The van der Waals surface area contributed by atoms with E-state index < -0.39 is 0 Å². The minimum absolute atomic E-state index is 0.104. The van der Waals surface area contributed by atoms with E-state index in [0.29, 0.717) is 6.54 Å². The van der Waals surface area contributed by atoms with E-state index in [-0.39, 0.29) is 12.5 Å². The van der Waals surface area contributed by atoms with E-state index >= 15 is 0 Å². The molecule has 25 heavy (non-hydrogen) atoms. The lowest BCUT2D eigenvalue weighted by Gasteiger charge is -2.08. The summed E-state index contributed by atoms with van der Waals surface area (Å²) < 4.78 is 5.72. The molecule has 5 nitrogen and oxygen atoms in total. The van der Waals surface area contributed by atoms with Gasteiger partial charge in [0.15, 0.2) is 0 Å². The molecular formula is C20H19N3O2. The Morgan fingerprint density at radius 1 is 0.880 bits per heavy atom. The number of aromatic nitrogens is 1. The molecule has 0 saturated heterocycles. The van der Waals surface area contributed by atoms with Gasteiger partial charge in [-0.2, -0.15) is 0 Å². The maximum atomic E-state index is 12.0. The van der Waals surface area contributed by atoms with E-state index in [1.807, 2.05) is 72.8 Å². The van der Waals surface area contributed by atoms with Crippen LogP contribution in [0.2, 0.25) is 0 Å². The van der Waals surface area contributed by atoms with Crippen LogP contribution in [0, 0.1) is 0 Å². The highest BCUT2D eigenvalue weighted by Gasteiger charge is 2.03. The number of pyridine rings is 1. The monoisotopic (exact) mass is 333 g/mol. The zero-order chi connectivity index (χ0) is 17.3. The van der Waals surface area contributed by atoms with Gasteiger partial charge in [0, 0.05) is 18.4 Å². The Labute approximate surface area is 146 Å². The normalized spacial score (nSPS) is 10.2. The first kappa shape index (κ1) is 16.7. The van der Waals surface area contributed by atoms with Crippen molar-refractivity contribution < 1.29 is 9.53 Å². The van der Waals surface area contributed by atoms with E-state index in [1.54, 1.807) is 6.20 Å². The summed E-state index contributed by atoms with van der Waals surface area (Å²) in [5.74, 6) is 1.39. The summed E-state index contributed by atoms with van der Waals surface area (Å²) in [5.41, 5.74) is 1.63. The van der Waals surface area contributed by atoms with Crippen molar-refractivity contribution in [3.8, 4) is 11.5 Å². The lowest BCUT2D eigenvalue weighted by atomic mass is 10.3. The fourth-order valence-electron chi connectivity index (χ4n) is 2.24. The third kappa shape index (κ3) is 5.44. The quantitative estimate of drug-likeness (QED) is 0.693. The molecule has 0 atom stereocenters. The standard InChI is InChI=1S/C20H19N3O2/c24-20(15-21-14-17-6-4-5-13-22-17)23-16-9-11-19(12-10-16)25-18-7-2-1-3-8-18/h1-13,21H,14-15H2,(H,23,24). The number of nitrogens with zero attached hydrogens (tertiary/aromatic N) is 1. The van der Waals surface area contributed by atoms with Crippen molar-refractivity contribution >= 4 is 11.6 Å². The van der Waals surface area contributed by atoms with Crippen LogP contribution in [-0.4, -0.2) is 17.4 Å². The third-order valence-electron chi connectivity index (χ3n) is 3.43. The Kier molecular flexibility index (Phi) is 5.74. The van der Waals surface area contributed by atoms with Gasteiger partial charge in [-0.25, -0.2) is 0 Å². The molecule has 1 heterocycles. The lowest BCUT2D eigenvalue weighted by molar-refractivity contribution is -0.115. The van der Waals surface area contributed by atoms with Crippen LogP contribution in [0.5, 0.6) is 11.5 Å². The molecule has 0 unspecified atom stereocenters. The molecule has 0 aliphatic heterocycles. The molecule has 0 bridgehead atoms. The van der Waals surface area contributed by atoms with E-state index in [1.165, 1.54) is 0 Å². The van der Waals surface area contributed by atoms with Crippen molar-refractivity contribution in [2.24, 2.45) is 0 Å². The van der Waals surface area contributed by atoms with Crippen LogP contribution in [0.3, 0.4) is 0 Å². The molecule has 0 aliphatic carbocycles. The van der Waals surface area contributed by atoms with E-state index in [9.17, 15) is 4.79 Å². The Bertz CT molecular complexity index is 790. The average molecular weight is 333 g/mol. The van der Waals surface area contributed by atoms with Crippen LogP contribution in [0.4, 0.5) is 5.69 Å². The number of anilines is 1. The van der Waals surface area contributed by atoms with Crippen LogP contribution in [0.25, 0.3) is 0 Å². The fraction of sp³-hybridized carbons (Fsp3) is 0.100. The van der Waals surface area contributed by atoms with Gasteiger partial charge in [0.05, 0.1) is 12.2 Å². The predicted molar refractivity (Wildman–Crippen MR) is 97.5 cm³/mol. The predicted octanol–water partition coefficient (Wildman–Crippen LogP) is 3.60. The third-order valence-corrected chi connectivity index (χ3v) is 3.43. The second-order valence-electron chi connectivity index (χ2n) is 5.41. The summed E-state index contributed by atoms with van der Waals surface area (Å²) in [6, 6.07) is 22.5. The number of carbonyl (C=O) groups is 1. The maximum Gasteiger partial charge on any atom is 0.238 e. The second kappa shape index (κ2) is 8.61. The van der Waals surface area contributed by atoms with Gasteiger partial charge < -0.3 is 15.4 Å². The molecule has 126 valence electrons. The van der Waals surface area contributed by atoms with Crippen molar-refractivity contribution in [2.45, 2.75) is 6.54 Å². The van der Waals surface area contributed by atoms with Crippen molar-refractivity contribution in [1.29, 1.82) is 0 Å². The summed E-state index contributed by atoms with van der Waals surface area (Å²) in [4.78, 5) is 16.1. The average Bonchev–Trinajstić information content (AvgIpc) is 2.65. The molecule has 2 aromatic carbocycles. The van der Waals surface area contributed by atoms with Crippen LogP contribution < -0.4 is 15.4 Å². The van der Waals surface area contributed by atoms with Gasteiger partial charge in [-0.3, -0.25) is 9.78 Å². The van der Waals surface area contributed by atoms with Crippen LogP contribution >= 0.6 is 0 Å². The largest absolute Gasteiger partial charge is 0.457 e. The minimum atomic E-state index is -0.104. The topological polar surface area (TPSA) is 63.2 Å². The number of hydrogen-bond donors (Lipinski definition) is 2. The van der Waals surface area contributed by atoms with E-state index in [0.717, 1.165) is 22.9 Å². The number of carbonyl (C=O) groups excluding carboxylic acids is 1. The molecule has 0 aliphatic rings. The molecule has 0 radical (unpaired) electrons. The second-order valence-corrected chi connectivity index (χ2v) is 5.41. The number of benzene rings is 2. The Morgan fingerprint density at radius 2 is 1.60 bits per heavy atom. The van der Waals surface area contributed by atoms with Crippen LogP contribution in [-0.2, 0) is 11.3 Å². The number of hydrogen-bond acceptors (Lipinski definition) is 4. The summed E-state index contributed by atoms with van der Waals surface area (Å²) >= 11 is 0. The summed E-state index contributed by atoms with van der Waals surface area (Å²) in [7, 11) is 0. The number of para-hydroxylation sites is 1. The van der Waals surface area contributed by atoms with Gasteiger partial charge in [0.25, 0.3) is 0 Å². The summed E-state index contributed by atoms with van der Waals surface area (Å²) in [5, 5.41) is 5.91. The zero-order valence-corrected chi connectivity index (χ0v) is 13.7. The molecular weight excluding hydrogens is 314 g/mol. The first-order chi connectivity index (χ1) is 12.3. The summed E-state index contributed by atoms with van der Waals surface area (Å²) in [6.45, 7) is 0.775. The first-order valence-electron chi connectivity index (χ1n) is 8.03. The number of nitrogens with one attached hydrogen (secondary N) is 2. The van der Waals surface area contributed by atoms with Gasteiger partial charge >= 0.3 is 0 Å². The highest BCUT2D eigenvalue weighted by Crippen LogP contribution is 2.22. The van der Waals surface area contributed by atoms with Gasteiger partial charge in [0.2, 0.25) is 5.91 Å². The SMILES string of the molecule is O=C(CNCc1ccccn1)Nc1ccc(Oc2ccccc2)cc1. The molecule has 3 aromatic rings. The molecule has 0 spiro atoms. The maximum absolute atomic E-state index is 12.0. The van der Waals surface area contributed by atoms with Gasteiger partial charge in [-0.05, 0) is 48.5 Å². The van der Waals surface area contributed by atoms with Gasteiger partial charge in [-0.15, -0.1) is 0 Å². The Balaban J connectivity index is 1.45. The van der Waals surface area contributed by atoms with E-state index in [4.69, 9.17) is 4.74 Å². The lowest BCUT2D eigenvalue weighted by Crippen LogP contribution is -2.27. The Hall–Kier alpha value is -3.18. The van der Waals surface area contributed by atoms with E-state index in [2.05, 4.69) is 15.6 Å². The molecule has 3 rings (SSSR count). The highest BCUT2D eigenvalue weighted by molar-refractivity contribution is 5.92. The first-order valence-corrected chi connectivity index (χ1v) is 8.03. The molecule has 0 fully saturated rings. The number of rotatable bonds is 7. The van der Waals surface area contributed by atoms with Crippen molar-refractivity contribution in [3.05, 3.63) is 84.7 Å². The van der Waals surface area contributed by atoms with Gasteiger partial charge in [-0.1, -0.05) is 24.3 Å². The van der Waals surface area contributed by atoms with Crippen molar-refractivity contribution in [1.82, 2.24) is 10.3 Å². The number of amides is 1. The molecule has 1 amide bonds. The molecule has 0 saturated carbocycles. The molecule has 1 aromatic heterocycles. The van der Waals surface area contributed by atoms with Crippen LogP contribution in [0.1, 0.15) is 5.69 Å². The van der Waals surface area contributed by atoms with Gasteiger partial charge in [0.1, 0.15) is 11.5 Å². The number of ether oxygens (including phenoxy) is 1. The van der Waals surface area contributed by atoms with Crippen molar-refractivity contribution in [2.75, 3.05) is 11.9 Å². The molecule has 5 heteroatoms. The minimum Gasteiger partial charge on any atom is -0.457 e. The van der Waals surface area contributed by atoms with Crippen LogP contribution in [0.15, 0.2) is 79.0 Å². The summed E-state index contributed by atoms with van der Waals surface area (Å²) in [6.07, 6.45) is 1.73. The smallest absolute Gasteiger partial charge is 0.238 e. The molecule has 2 N–H and O–H groups in total. The fourth-order valence-corrected chi connectivity index (χ4v) is 2.24. The Morgan fingerprint density at radius 3 is 2.32 bits per heavy atom. The van der Waals surface area contributed by atoms with Crippen molar-refractivity contribution in [3.63, 3.8) is 0 Å². The highest BCUT2D eigenvalue weighted by atomic mass is 16.5. The zero-order valence-electron chi connectivity index (χ0n) is 13.7.